The van der Waals surface area contributed by atoms with Crippen LogP contribution < -0.4 is 10.2 Å². The largest absolute Gasteiger partial charge is 0.346 e. The van der Waals surface area contributed by atoms with Crippen molar-refractivity contribution in [1.29, 1.82) is 0 Å². The molecule has 0 spiro atoms. The maximum absolute atomic E-state index is 4.39. The lowest BCUT2D eigenvalue weighted by molar-refractivity contribution is 0.707. The molecule has 0 unspecified atom stereocenters. The van der Waals surface area contributed by atoms with E-state index in [1.54, 1.807) is 0 Å². The molecule has 4 nitrogen and oxygen atoms in total. The van der Waals surface area contributed by atoms with E-state index in [9.17, 15) is 0 Å². The fourth-order valence-electron chi connectivity index (χ4n) is 1.23. The number of nitrogens with zero attached hydrogens (tertiary/aromatic N) is 3. The number of hydrogen-bond donors (Lipinski definition) is 1. The SMILES string of the molecule is CCCN(CCNC)c1nc(C)ns1. The number of anilines is 1. The Morgan fingerprint density at radius 2 is 2.21 bits per heavy atom. The molecule has 0 aliphatic carbocycles. The predicted octanol–water partition coefficient (Wildman–Crippen LogP) is 1.28. The van der Waals surface area contributed by atoms with Crippen LogP contribution in [0.3, 0.4) is 0 Å². The van der Waals surface area contributed by atoms with Crippen molar-refractivity contribution in [2.75, 3.05) is 31.6 Å². The first-order chi connectivity index (χ1) is 6.77. The smallest absolute Gasteiger partial charge is 0.205 e. The summed E-state index contributed by atoms with van der Waals surface area (Å²) < 4.78 is 4.20. The number of rotatable bonds is 6. The number of hydrogen-bond acceptors (Lipinski definition) is 5. The summed E-state index contributed by atoms with van der Waals surface area (Å²) in [6.07, 6.45) is 1.14. The van der Waals surface area contributed by atoms with Gasteiger partial charge in [0.15, 0.2) is 0 Å². The van der Waals surface area contributed by atoms with Crippen molar-refractivity contribution in [2.45, 2.75) is 20.3 Å². The van der Waals surface area contributed by atoms with E-state index in [-0.39, 0.29) is 0 Å². The third-order valence-corrected chi connectivity index (χ3v) is 2.78. The topological polar surface area (TPSA) is 41.0 Å². The van der Waals surface area contributed by atoms with Crippen molar-refractivity contribution in [1.82, 2.24) is 14.7 Å². The van der Waals surface area contributed by atoms with Gasteiger partial charge in [-0.3, -0.25) is 0 Å². The standard InChI is InChI=1S/C9H18N4S/c1-4-6-13(7-5-10-3)9-11-8(2)12-14-9/h10H,4-7H2,1-3H3. The summed E-state index contributed by atoms with van der Waals surface area (Å²) in [7, 11) is 1.97. The highest BCUT2D eigenvalue weighted by atomic mass is 32.1. The zero-order chi connectivity index (χ0) is 10.4. The van der Waals surface area contributed by atoms with Crippen LogP contribution in [0.1, 0.15) is 19.2 Å². The van der Waals surface area contributed by atoms with E-state index < -0.39 is 0 Å². The van der Waals surface area contributed by atoms with Gasteiger partial charge in [-0.1, -0.05) is 6.92 Å². The van der Waals surface area contributed by atoms with Gasteiger partial charge in [-0.15, -0.1) is 0 Å². The quantitative estimate of drug-likeness (QED) is 0.774. The number of nitrogens with one attached hydrogen (secondary N) is 1. The highest BCUT2D eigenvalue weighted by Gasteiger charge is 2.09. The van der Waals surface area contributed by atoms with Gasteiger partial charge in [0, 0.05) is 31.2 Å². The second-order valence-corrected chi connectivity index (χ2v) is 3.95. The Balaban J connectivity index is 2.57. The first kappa shape index (κ1) is 11.4. The molecule has 1 rings (SSSR count). The lowest BCUT2D eigenvalue weighted by Gasteiger charge is -2.20. The molecule has 0 amide bonds. The normalized spacial score (nSPS) is 10.5. The molecule has 0 bridgehead atoms. The molecule has 0 saturated carbocycles. The molecule has 1 aromatic rings. The average molecular weight is 214 g/mol. The van der Waals surface area contributed by atoms with Crippen LogP contribution >= 0.6 is 11.5 Å². The molecular formula is C9H18N4S. The molecule has 0 radical (unpaired) electrons. The minimum absolute atomic E-state index is 0.871. The van der Waals surface area contributed by atoms with Gasteiger partial charge in [-0.25, -0.2) is 4.98 Å². The summed E-state index contributed by atoms with van der Waals surface area (Å²) in [6.45, 7) is 7.15. The molecule has 0 aliphatic heterocycles. The van der Waals surface area contributed by atoms with Gasteiger partial charge in [0.2, 0.25) is 5.13 Å². The van der Waals surface area contributed by atoms with Crippen LogP contribution in [0.15, 0.2) is 0 Å². The molecule has 0 fully saturated rings. The zero-order valence-electron chi connectivity index (χ0n) is 9.08. The van der Waals surface area contributed by atoms with Crippen LogP contribution in [0.5, 0.6) is 0 Å². The van der Waals surface area contributed by atoms with E-state index in [4.69, 9.17) is 0 Å². The molecule has 1 heterocycles. The van der Waals surface area contributed by atoms with E-state index in [0.29, 0.717) is 0 Å². The van der Waals surface area contributed by atoms with Gasteiger partial charge in [-0.05, 0) is 20.4 Å². The maximum atomic E-state index is 4.39. The van der Waals surface area contributed by atoms with E-state index in [0.717, 1.165) is 37.0 Å². The predicted molar refractivity (Wildman–Crippen MR) is 61.1 cm³/mol. The third kappa shape index (κ3) is 3.23. The molecule has 0 aliphatic rings. The minimum Gasteiger partial charge on any atom is -0.346 e. The van der Waals surface area contributed by atoms with E-state index >= 15 is 0 Å². The van der Waals surface area contributed by atoms with Crippen LogP contribution in [-0.4, -0.2) is 36.0 Å². The molecule has 0 aromatic carbocycles. The summed E-state index contributed by atoms with van der Waals surface area (Å²) in [5, 5.41) is 4.19. The zero-order valence-corrected chi connectivity index (χ0v) is 9.89. The second-order valence-electron chi connectivity index (χ2n) is 3.21. The lowest BCUT2D eigenvalue weighted by atomic mass is 10.4. The minimum atomic E-state index is 0.871. The molecule has 0 atom stereocenters. The molecule has 1 aromatic heterocycles. The van der Waals surface area contributed by atoms with Gasteiger partial charge >= 0.3 is 0 Å². The molecule has 1 N–H and O–H groups in total. The van der Waals surface area contributed by atoms with Crippen molar-refractivity contribution in [3.63, 3.8) is 0 Å². The molecule has 5 heteroatoms. The number of aromatic nitrogens is 2. The van der Waals surface area contributed by atoms with Crippen molar-refractivity contribution in [3.05, 3.63) is 5.82 Å². The highest BCUT2D eigenvalue weighted by molar-refractivity contribution is 7.09. The van der Waals surface area contributed by atoms with Gasteiger partial charge in [-0.2, -0.15) is 4.37 Å². The number of aryl methyl sites for hydroxylation is 1. The van der Waals surface area contributed by atoms with Crippen LogP contribution in [0, 0.1) is 6.92 Å². The van der Waals surface area contributed by atoms with Gasteiger partial charge in [0.25, 0.3) is 0 Å². The Hall–Kier alpha value is -0.680. The van der Waals surface area contributed by atoms with E-state index in [2.05, 4.69) is 26.5 Å². The fourth-order valence-corrected chi connectivity index (χ4v) is 1.96. The second kappa shape index (κ2) is 5.93. The van der Waals surface area contributed by atoms with Crippen LogP contribution in [-0.2, 0) is 0 Å². The molecule has 80 valence electrons. The Morgan fingerprint density at radius 3 is 2.71 bits per heavy atom. The highest BCUT2D eigenvalue weighted by Crippen LogP contribution is 2.16. The Morgan fingerprint density at radius 1 is 1.43 bits per heavy atom. The van der Waals surface area contributed by atoms with Crippen LogP contribution in [0.4, 0.5) is 5.13 Å². The van der Waals surface area contributed by atoms with Crippen LogP contribution in [0.2, 0.25) is 0 Å². The molecule has 0 saturated heterocycles. The van der Waals surface area contributed by atoms with Gasteiger partial charge in [0.1, 0.15) is 5.82 Å². The molecular weight excluding hydrogens is 196 g/mol. The summed E-state index contributed by atoms with van der Waals surface area (Å²) in [6, 6.07) is 0. The fraction of sp³-hybridized carbons (Fsp3) is 0.778. The van der Waals surface area contributed by atoms with E-state index in [1.807, 2.05) is 14.0 Å². The average Bonchev–Trinajstić information content (AvgIpc) is 2.59. The van der Waals surface area contributed by atoms with Crippen molar-refractivity contribution >= 4 is 16.7 Å². The first-order valence-corrected chi connectivity index (χ1v) is 5.75. The number of likely N-dealkylation sites (N-methyl/N-ethyl adjacent to an activating group) is 1. The van der Waals surface area contributed by atoms with Gasteiger partial charge < -0.3 is 10.2 Å². The molecule has 14 heavy (non-hydrogen) atoms. The summed E-state index contributed by atoms with van der Waals surface area (Å²) in [5.41, 5.74) is 0. The maximum Gasteiger partial charge on any atom is 0.205 e. The Labute approximate surface area is 89.5 Å². The summed E-state index contributed by atoms with van der Waals surface area (Å²) in [4.78, 5) is 6.67. The van der Waals surface area contributed by atoms with Crippen molar-refractivity contribution < 1.29 is 0 Å². The van der Waals surface area contributed by atoms with E-state index in [1.165, 1.54) is 11.5 Å². The van der Waals surface area contributed by atoms with Crippen molar-refractivity contribution in [3.8, 4) is 0 Å². The van der Waals surface area contributed by atoms with Gasteiger partial charge in [0.05, 0.1) is 0 Å². The summed E-state index contributed by atoms with van der Waals surface area (Å²) in [5.74, 6) is 0.871. The first-order valence-electron chi connectivity index (χ1n) is 4.97. The van der Waals surface area contributed by atoms with Crippen molar-refractivity contribution in [2.24, 2.45) is 0 Å². The lowest BCUT2D eigenvalue weighted by Crippen LogP contribution is -2.31. The monoisotopic (exact) mass is 214 g/mol. The Bertz CT molecular complexity index is 261. The van der Waals surface area contributed by atoms with Crippen LogP contribution in [0.25, 0.3) is 0 Å². The third-order valence-electron chi connectivity index (χ3n) is 1.91. The summed E-state index contributed by atoms with van der Waals surface area (Å²) >= 11 is 1.49. The Kier molecular flexibility index (Phi) is 4.82.